The molecule has 0 radical (unpaired) electrons. The number of nitro benzene ring substituents is 1. The number of nitro groups is 1. The maximum Gasteiger partial charge on any atom is 0.345 e. The predicted octanol–water partition coefficient (Wildman–Crippen LogP) is 2.81. The first-order chi connectivity index (χ1) is 12.9. The Bertz CT molecular complexity index is 916. The molecule has 10 heteroatoms. The van der Waals surface area contributed by atoms with E-state index in [2.05, 4.69) is 5.32 Å². The number of hydrogen-bond acceptors (Lipinski definition) is 7. The number of fused-ring (bicyclic) bond motifs is 1. The molecule has 140 valence electrons. The molecule has 0 atom stereocenters. The second-order valence-electron chi connectivity index (χ2n) is 5.40. The van der Waals surface area contributed by atoms with Crippen LogP contribution in [0.15, 0.2) is 36.4 Å². The van der Waals surface area contributed by atoms with Gasteiger partial charge < -0.3 is 19.5 Å². The fraction of sp³-hybridized carbons (Fsp3) is 0.176. The van der Waals surface area contributed by atoms with Gasteiger partial charge in [0.25, 0.3) is 11.6 Å². The summed E-state index contributed by atoms with van der Waals surface area (Å²) >= 11 is 5.76. The highest BCUT2D eigenvalue weighted by atomic mass is 35.5. The predicted molar refractivity (Wildman–Crippen MR) is 94.5 cm³/mol. The highest BCUT2D eigenvalue weighted by Gasteiger charge is 2.22. The molecule has 0 spiro atoms. The molecule has 1 aliphatic rings. The van der Waals surface area contributed by atoms with Crippen molar-refractivity contribution in [3.8, 4) is 11.5 Å². The molecule has 1 heterocycles. The highest BCUT2D eigenvalue weighted by Crippen LogP contribution is 2.32. The SMILES string of the molecule is O=C(COC(=O)c1cc(Cl)ccc1[N+](=O)[O-])Nc1ccc2c(c1)OCCO2. The minimum Gasteiger partial charge on any atom is -0.486 e. The maximum atomic E-state index is 12.1. The van der Waals surface area contributed by atoms with Gasteiger partial charge in [0.15, 0.2) is 18.1 Å². The number of nitrogens with one attached hydrogen (secondary N) is 1. The third-order valence-electron chi connectivity index (χ3n) is 3.54. The zero-order valence-electron chi connectivity index (χ0n) is 13.8. The lowest BCUT2D eigenvalue weighted by atomic mass is 10.2. The second kappa shape index (κ2) is 7.92. The van der Waals surface area contributed by atoms with Gasteiger partial charge in [-0.1, -0.05) is 11.6 Å². The van der Waals surface area contributed by atoms with E-state index in [-0.39, 0.29) is 10.6 Å². The van der Waals surface area contributed by atoms with Crippen molar-refractivity contribution in [2.45, 2.75) is 0 Å². The van der Waals surface area contributed by atoms with Crippen molar-refractivity contribution in [2.75, 3.05) is 25.1 Å². The van der Waals surface area contributed by atoms with Crippen LogP contribution >= 0.6 is 11.6 Å². The minimum atomic E-state index is -1.03. The van der Waals surface area contributed by atoms with Gasteiger partial charge in [-0.05, 0) is 24.3 Å². The number of nitrogens with zero attached hydrogens (tertiary/aromatic N) is 1. The fourth-order valence-electron chi connectivity index (χ4n) is 2.36. The van der Waals surface area contributed by atoms with Gasteiger partial charge in [0, 0.05) is 22.8 Å². The quantitative estimate of drug-likeness (QED) is 0.472. The molecule has 1 N–H and O–H groups in total. The van der Waals surface area contributed by atoms with Crippen molar-refractivity contribution in [3.05, 3.63) is 57.1 Å². The molecule has 0 saturated carbocycles. The summed E-state index contributed by atoms with van der Waals surface area (Å²) in [7, 11) is 0. The van der Waals surface area contributed by atoms with Gasteiger partial charge in [-0.3, -0.25) is 14.9 Å². The van der Waals surface area contributed by atoms with E-state index in [0.29, 0.717) is 30.4 Å². The number of benzene rings is 2. The molecule has 3 rings (SSSR count). The molecular formula is C17H13ClN2O7. The smallest absolute Gasteiger partial charge is 0.345 e. The van der Waals surface area contributed by atoms with E-state index in [9.17, 15) is 19.7 Å². The molecule has 0 fully saturated rings. The molecule has 0 saturated heterocycles. The first kappa shape index (κ1) is 18.5. The van der Waals surface area contributed by atoms with E-state index in [4.69, 9.17) is 25.8 Å². The van der Waals surface area contributed by atoms with E-state index < -0.39 is 29.1 Å². The number of carbonyl (C=O) groups excluding carboxylic acids is 2. The van der Waals surface area contributed by atoms with Crippen LogP contribution in [0.5, 0.6) is 11.5 Å². The van der Waals surface area contributed by atoms with Crippen LogP contribution in [-0.2, 0) is 9.53 Å². The van der Waals surface area contributed by atoms with Crippen LogP contribution in [0.4, 0.5) is 11.4 Å². The molecular weight excluding hydrogens is 380 g/mol. The van der Waals surface area contributed by atoms with Gasteiger partial charge in [-0.25, -0.2) is 4.79 Å². The number of ether oxygens (including phenoxy) is 3. The first-order valence-electron chi connectivity index (χ1n) is 7.74. The molecule has 0 bridgehead atoms. The van der Waals surface area contributed by atoms with Crippen LogP contribution in [0.2, 0.25) is 5.02 Å². The summed E-state index contributed by atoms with van der Waals surface area (Å²) in [4.78, 5) is 34.3. The van der Waals surface area contributed by atoms with Gasteiger partial charge in [-0.2, -0.15) is 0 Å². The molecule has 9 nitrogen and oxygen atoms in total. The zero-order valence-corrected chi connectivity index (χ0v) is 14.5. The Hall–Kier alpha value is -3.33. The van der Waals surface area contributed by atoms with Crippen LogP contribution in [0.3, 0.4) is 0 Å². The van der Waals surface area contributed by atoms with Crippen molar-refractivity contribution in [1.82, 2.24) is 0 Å². The molecule has 0 aliphatic carbocycles. The Balaban J connectivity index is 1.62. The summed E-state index contributed by atoms with van der Waals surface area (Å²) in [5, 5.41) is 13.7. The normalized spacial score (nSPS) is 12.2. The summed E-state index contributed by atoms with van der Waals surface area (Å²) in [6.45, 7) is 0.224. The number of anilines is 1. The molecule has 1 amide bonds. The number of hydrogen-bond donors (Lipinski definition) is 1. The van der Waals surface area contributed by atoms with Gasteiger partial charge in [0.1, 0.15) is 18.8 Å². The Kier molecular flexibility index (Phi) is 5.41. The molecule has 2 aromatic rings. The van der Waals surface area contributed by atoms with E-state index in [1.54, 1.807) is 18.2 Å². The summed E-state index contributed by atoms with van der Waals surface area (Å²) < 4.78 is 15.6. The lowest BCUT2D eigenvalue weighted by molar-refractivity contribution is -0.385. The third kappa shape index (κ3) is 4.45. The van der Waals surface area contributed by atoms with Gasteiger partial charge >= 0.3 is 5.97 Å². The van der Waals surface area contributed by atoms with E-state index in [1.807, 2.05) is 0 Å². The van der Waals surface area contributed by atoms with Crippen molar-refractivity contribution >= 4 is 34.9 Å². The first-order valence-corrected chi connectivity index (χ1v) is 8.12. The Labute approximate surface area is 157 Å². The fourth-order valence-corrected chi connectivity index (χ4v) is 2.53. The molecule has 0 aromatic heterocycles. The topological polar surface area (TPSA) is 117 Å². The molecule has 0 unspecified atom stereocenters. The summed E-state index contributed by atoms with van der Waals surface area (Å²) in [5.74, 6) is -0.587. The van der Waals surface area contributed by atoms with Crippen molar-refractivity contribution in [2.24, 2.45) is 0 Å². The number of halogens is 1. The minimum absolute atomic E-state index is 0.133. The maximum absolute atomic E-state index is 12.1. The number of rotatable bonds is 5. The lowest BCUT2D eigenvalue weighted by Gasteiger charge is -2.19. The Morgan fingerprint density at radius 1 is 1.15 bits per heavy atom. The number of carbonyl (C=O) groups is 2. The van der Waals surface area contributed by atoms with Crippen LogP contribution < -0.4 is 14.8 Å². The summed E-state index contributed by atoms with van der Waals surface area (Å²) in [6.07, 6.45) is 0. The third-order valence-corrected chi connectivity index (χ3v) is 3.77. The van der Waals surface area contributed by atoms with Crippen molar-refractivity contribution in [1.29, 1.82) is 0 Å². The second-order valence-corrected chi connectivity index (χ2v) is 5.84. The largest absolute Gasteiger partial charge is 0.486 e. The van der Waals surface area contributed by atoms with Crippen LogP contribution in [0, 0.1) is 10.1 Å². The standard InChI is InChI=1S/C17H13ClN2O7/c18-10-1-3-13(20(23)24)12(7-10)17(22)27-9-16(21)19-11-2-4-14-15(8-11)26-6-5-25-14/h1-4,7-8H,5-6,9H2,(H,19,21). The summed E-state index contributed by atoms with van der Waals surface area (Å²) in [6, 6.07) is 8.32. The monoisotopic (exact) mass is 392 g/mol. The van der Waals surface area contributed by atoms with Gasteiger partial charge in [-0.15, -0.1) is 0 Å². The summed E-state index contributed by atoms with van der Waals surface area (Å²) in [5.41, 5.74) is -0.370. The lowest BCUT2D eigenvalue weighted by Crippen LogP contribution is -2.21. The molecule has 1 aliphatic heterocycles. The molecule has 27 heavy (non-hydrogen) atoms. The van der Waals surface area contributed by atoms with E-state index in [0.717, 1.165) is 12.1 Å². The van der Waals surface area contributed by atoms with Crippen LogP contribution in [0.1, 0.15) is 10.4 Å². The molecule has 2 aromatic carbocycles. The van der Waals surface area contributed by atoms with E-state index >= 15 is 0 Å². The Morgan fingerprint density at radius 3 is 2.63 bits per heavy atom. The highest BCUT2D eigenvalue weighted by molar-refractivity contribution is 6.31. The number of esters is 1. The average molecular weight is 393 g/mol. The van der Waals surface area contributed by atoms with Gasteiger partial charge in [0.2, 0.25) is 0 Å². The van der Waals surface area contributed by atoms with E-state index in [1.165, 1.54) is 6.07 Å². The van der Waals surface area contributed by atoms with Crippen LogP contribution in [-0.4, -0.2) is 36.6 Å². The number of amides is 1. The van der Waals surface area contributed by atoms with Gasteiger partial charge in [0.05, 0.1) is 4.92 Å². The van der Waals surface area contributed by atoms with Crippen molar-refractivity contribution < 1.29 is 28.7 Å². The Morgan fingerprint density at radius 2 is 1.89 bits per heavy atom. The average Bonchev–Trinajstić information content (AvgIpc) is 2.65. The van der Waals surface area contributed by atoms with Crippen molar-refractivity contribution in [3.63, 3.8) is 0 Å². The van der Waals surface area contributed by atoms with Crippen LogP contribution in [0.25, 0.3) is 0 Å². The zero-order chi connectivity index (χ0) is 19.4.